The van der Waals surface area contributed by atoms with Gasteiger partial charge in [-0.25, -0.2) is 9.89 Å². The molecule has 1 atom stereocenters. The Kier molecular flexibility index (Phi) is 3.53. The summed E-state index contributed by atoms with van der Waals surface area (Å²) in [7, 11) is 0. The molecule has 0 saturated heterocycles. The summed E-state index contributed by atoms with van der Waals surface area (Å²) in [6.45, 7) is 0. The number of hydrogen-bond donors (Lipinski definition) is 3. The predicted octanol–water partition coefficient (Wildman–Crippen LogP) is -0.200. The van der Waals surface area contributed by atoms with E-state index in [4.69, 9.17) is 10.8 Å². The molecule has 1 saturated carbocycles. The van der Waals surface area contributed by atoms with Crippen LogP contribution in [-0.2, 0) is 4.79 Å². The van der Waals surface area contributed by atoms with E-state index in [0.717, 1.165) is 12.8 Å². The number of nitrogens with two attached hydrogens (primary N) is 1. The van der Waals surface area contributed by atoms with Crippen molar-refractivity contribution in [2.75, 3.05) is 5.75 Å². The van der Waals surface area contributed by atoms with Gasteiger partial charge in [-0.2, -0.15) is 0 Å². The molecule has 0 spiro atoms. The Morgan fingerprint density at radius 2 is 2.41 bits per heavy atom. The Bertz CT molecular complexity index is 465. The average molecular weight is 258 g/mol. The second kappa shape index (κ2) is 4.92. The van der Waals surface area contributed by atoms with Crippen LogP contribution in [0.5, 0.6) is 0 Å². The number of hydrogen-bond acceptors (Lipinski definition) is 5. The summed E-state index contributed by atoms with van der Waals surface area (Å²) in [5.74, 6) is -0.475. The first-order chi connectivity index (χ1) is 8.09. The molecule has 94 valence electrons. The number of aromatic nitrogens is 3. The molecule has 2 rings (SSSR count). The fourth-order valence-corrected chi connectivity index (χ4v) is 2.48. The van der Waals surface area contributed by atoms with Gasteiger partial charge in [0.15, 0.2) is 5.16 Å². The van der Waals surface area contributed by atoms with Gasteiger partial charge in [0.2, 0.25) is 0 Å². The highest BCUT2D eigenvalue weighted by Crippen LogP contribution is 2.36. The summed E-state index contributed by atoms with van der Waals surface area (Å²) < 4.78 is 1.64. The molecule has 1 unspecified atom stereocenters. The van der Waals surface area contributed by atoms with Gasteiger partial charge in [0.05, 0.1) is 0 Å². The van der Waals surface area contributed by atoms with Crippen LogP contribution in [0.2, 0.25) is 0 Å². The minimum Gasteiger partial charge on any atom is -0.480 e. The highest BCUT2D eigenvalue weighted by molar-refractivity contribution is 7.99. The van der Waals surface area contributed by atoms with Gasteiger partial charge in [0.1, 0.15) is 6.04 Å². The van der Waals surface area contributed by atoms with Crippen LogP contribution in [0.3, 0.4) is 0 Å². The number of carboxylic acid groups (broad SMARTS) is 1. The molecule has 1 aromatic heterocycles. The van der Waals surface area contributed by atoms with Crippen LogP contribution in [-0.4, -0.2) is 37.6 Å². The Morgan fingerprint density at radius 3 is 3.00 bits per heavy atom. The first-order valence-electron chi connectivity index (χ1n) is 5.37. The molecular weight excluding hydrogens is 244 g/mol. The van der Waals surface area contributed by atoms with Crippen molar-refractivity contribution in [3.8, 4) is 0 Å². The maximum absolute atomic E-state index is 11.4. The smallest absolute Gasteiger partial charge is 0.344 e. The minimum absolute atomic E-state index is 0.197. The topological polar surface area (TPSA) is 114 Å². The first-order valence-corrected chi connectivity index (χ1v) is 6.36. The standard InChI is InChI=1S/C9H14N4O3S/c10-6(7(14)15)3-4-17-9-12-11-8(16)13(9)5-1-2-5/h5-6H,1-4,10H2,(H,11,16)(H,14,15). The first kappa shape index (κ1) is 12.2. The second-order valence-corrected chi connectivity index (χ2v) is 5.06. The second-order valence-electron chi connectivity index (χ2n) is 3.99. The van der Waals surface area contributed by atoms with E-state index in [-0.39, 0.29) is 11.7 Å². The molecule has 1 heterocycles. The van der Waals surface area contributed by atoms with E-state index in [1.54, 1.807) is 4.57 Å². The van der Waals surface area contributed by atoms with Crippen molar-refractivity contribution >= 4 is 17.7 Å². The Morgan fingerprint density at radius 1 is 1.71 bits per heavy atom. The monoisotopic (exact) mass is 258 g/mol. The molecule has 17 heavy (non-hydrogen) atoms. The molecule has 0 amide bonds. The van der Waals surface area contributed by atoms with Gasteiger partial charge in [0, 0.05) is 11.8 Å². The van der Waals surface area contributed by atoms with Crippen LogP contribution >= 0.6 is 11.8 Å². The molecule has 7 nitrogen and oxygen atoms in total. The molecule has 1 fully saturated rings. The van der Waals surface area contributed by atoms with Gasteiger partial charge in [-0.15, -0.1) is 5.10 Å². The summed E-state index contributed by atoms with van der Waals surface area (Å²) in [4.78, 5) is 22.0. The molecule has 1 aliphatic rings. The third kappa shape index (κ3) is 2.89. The van der Waals surface area contributed by atoms with Gasteiger partial charge >= 0.3 is 11.7 Å². The maximum Gasteiger partial charge on any atom is 0.344 e. The minimum atomic E-state index is -1.01. The lowest BCUT2D eigenvalue weighted by Gasteiger charge is -2.06. The van der Waals surface area contributed by atoms with Gasteiger partial charge in [0.25, 0.3) is 0 Å². The normalized spacial score (nSPS) is 17.0. The van der Waals surface area contributed by atoms with Crippen LogP contribution in [0.4, 0.5) is 0 Å². The van der Waals surface area contributed by atoms with Crippen LogP contribution in [0, 0.1) is 0 Å². The maximum atomic E-state index is 11.4. The van der Waals surface area contributed by atoms with E-state index in [2.05, 4.69) is 10.2 Å². The van der Waals surface area contributed by atoms with Gasteiger partial charge in [-0.05, 0) is 19.3 Å². The Balaban J connectivity index is 1.91. The third-order valence-corrected chi connectivity index (χ3v) is 3.55. The number of carbonyl (C=O) groups is 1. The largest absolute Gasteiger partial charge is 0.480 e. The van der Waals surface area contributed by atoms with E-state index in [9.17, 15) is 9.59 Å². The van der Waals surface area contributed by atoms with Crippen molar-refractivity contribution in [2.45, 2.75) is 36.5 Å². The van der Waals surface area contributed by atoms with Gasteiger partial charge in [-0.1, -0.05) is 11.8 Å². The SMILES string of the molecule is NC(CCSc1n[nH]c(=O)n1C1CC1)C(=O)O. The summed E-state index contributed by atoms with van der Waals surface area (Å²) >= 11 is 1.36. The lowest BCUT2D eigenvalue weighted by Crippen LogP contribution is -2.30. The summed E-state index contributed by atoms with van der Waals surface area (Å²) in [6, 6.07) is -0.598. The zero-order valence-electron chi connectivity index (χ0n) is 9.13. The number of carboxylic acids is 1. The Labute approximate surface area is 101 Å². The number of aromatic amines is 1. The lowest BCUT2D eigenvalue weighted by molar-refractivity contribution is -0.138. The van der Waals surface area contributed by atoms with Crippen LogP contribution in [0.1, 0.15) is 25.3 Å². The number of nitrogens with zero attached hydrogens (tertiary/aromatic N) is 2. The number of nitrogens with one attached hydrogen (secondary N) is 1. The van der Waals surface area contributed by atoms with Crippen molar-refractivity contribution in [1.82, 2.24) is 14.8 Å². The molecule has 0 radical (unpaired) electrons. The van der Waals surface area contributed by atoms with E-state index in [1.165, 1.54) is 11.8 Å². The van der Waals surface area contributed by atoms with Crippen molar-refractivity contribution in [3.63, 3.8) is 0 Å². The third-order valence-electron chi connectivity index (χ3n) is 2.56. The van der Waals surface area contributed by atoms with Gasteiger partial charge in [-0.3, -0.25) is 9.36 Å². The highest BCUT2D eigenvalue weighted by atomic mass is 32.2. The van der Waals surface area contributed by atoms with E-state index in [1.807, 2.05) is 0 Å². The molecule has 0 aromatic carbocycles. The van der Waals surface area contributed by atoms with Crippen molar-refractivity contribution in [1.29, 1.82) is 0 Å². The van der Waals surface area contributed by atoms with Crippen LogP contribution < -0.4 is 11.4 Å². The van der Waals surface area contributed by atoms with E-state index >= 15 is 0 Å². The average Bonchev–Trinajstić information content (AvgIpc) is 3.04. The van der Waals surface area contributed by atoms with Crippen molar-refractivity contribution in [3.05, 3.63) is 10.5 Å². The molecule has 0 bridgehead atoms. The summed E-state index contributed by atoms with van der Waals surface area (Å²) in [5.41, 5.74) is 5.19. The molecule has 1 aromatic rings. The number of thioether (sulfide) groups is 1. The lowest BCUT2D eigenvalue weighted by atomic mass is 10.2. The molecular formula is C9H14N4O3S. The van der Waals surface area contributed by atoms with Crippen molar-refractivity contribution in [2.24, 2.45) is 5.73 Å². The molecule has 4 N–H and O–H groups in total. The molecule has 1 aliphatic carbocycles. The predicted molar refractivity (Wildman–Crippen MR) is 62.1 cm³/mol. The van der Waals surface area contributed by atoms with Crippen LogP contribution in [0.15, 0.2) is 9.95 Å². The highest BCUT2D eigenvalue weighted by Gasteiger charge is 2.28. The van der Waals surface area contributed by atoms with Gasteiger partial charge < -0.3 is 10.8 Å². The fourth-order valence-electron chi connectivity index (χ4n) is 1.45. The fraction of sp³-hybridized carbons (Fsp3) is 0.667. The molecule has 8 heteroatoms. The van der Waals surface area contributed by atoms with Crippen molar-refractivity contribution < 1.29 is 9.90 Å². The summed E-state index contributed by atoms with van der Waals surface area (Å²) in [5, 5.41) is 15.6. The van der Waals surface area contributed by atoms with E-state index in [0.29, 0.717) is 17.3 Å². The summed E-state index contributed by atoms with van der Waals surface area (Å²) in [6.07, 6.45) is 2.36. The van der Waals surface area contributed by atoms with E-state index < -0.39 is 12.0 Å². The zero-order chi connectivity index (χ0) is 12.4. The Hall–Kier alpha value is -1.28. The quantitative estimate of drug-likeness (QED) is 0.609. The zero-order valence-corrected chi connectivity index (χ0v) is 9.94. The molecule has 0 aliphatic heterocycles. The number of aliphatic carboxylic acids is 1. The van der Waals surface area contributed by atoms with Crippen LogP contribution in [0.25, 0.3) is 0 Å². The number of H-pyrrole nitrogens is 1. The number of rotatable bonds is 6.